The summed E-state index contributed by atoms with van der Waals surface area (Å²) in [6.07, 6.45) is 2.43. The summed E-state index contributed by atoms with van der Waals surface area (Å²) in [4.78, 5) is 15.3. The summed E-state index contributed by atoms with van der Waals surface area (Å²) in [5, 5.41) is 0. The molecule has 0 atom stereocenters. The largest absolute Gasteiger partial charge is 0.451 e. The van der Waals surface area contributed by atoms with Crippen molar-refractivity contribution in [3.05, 3.63) is 54.0 Å². The van der Waals surface area contributed by atoms with Crippen LogP contribution in [0.25, 0.3) is 0 Å². The fourth-order valence-electron chi connectivity index (χ4n) is 1.07. The molecule has 70 valence electrons. The van der Waals surface area contributed by atoms with Crippen LogP contribution in [0.5, 0.6) is 0 Å². The first kappa shape index (κ1) is 8.62. The molecule has 3 nitrogen and oxygen atoms in total. The second-order valence-corrected chi connectivity index (χ2v) is 2.71. The van der Waals surface area contributed by atoms with Gasteiger partial charge in [0.2, 0.25) is 5.78 Å². The Morgan fingerprint density at radius 2 is 2.00 bits per heavy atom. The van der Waals surface area contributed by atoms with Gasteiger partial charge in [0.25, 0.3) is 0 Å². The van der Waals surface area contributed by atoms with E-state index >= 15 is 0 Å². The first-order valence-corrected chi connectivity index (χ1v) is 3.96. The predicted octanol–water partition coefficient (Wildman–Crippen LogP) is 2.04. The summed E-state index contributed by atoms with van der Waals surface area (Å²) in [5.41, 5.74) is 0.608. The van der Waals surface area contributed by atoms with E-state index in [-0.39, 0.29) is 17.3 Å². The zero-order chi connectivity index (χ0) is 9.97. The number of carbonyl (C=O) groups is 1. The van der Waals surface area contributed by atoms with Gasteiger partial charge in [0.15, 0.2) is 6.39 Å². The molecule has 0 aliphatic carbocycles. The van der Waals surface area contributed by atoms with Gasteiger partial charge in [-0.3, -0.25) is 4.79 Å². The molecule has 0 amide bonds. The fraction of sp³-hybridized carbons (Fsp3) is 0. The molecule has 2 rings (SSSR count). The van der Waals surface area contributed by atoms with Crippen molar-refractivity contribution < 1.29 is 13.6 Å². The minimum absolute atomic E-state index is 0.219. The molecule has 0 unspecified atom stereocenters. The maximum absolute atomic E-state index is 12.5. The highest BCUT2D eigenvalue weighted by Crippen LogP contribution is 2.08. The summed E-state index contributed by atoms with van der Waals surface area (Å²) >= 11 is 0. The molecule has 0 aliphatic rings. The predicted molar refractivity (Wildman–Crippen MR) is 46.3 cm³/mol. The number of ketones is 1. The molecule has 0 bridgehead atoms. The van der Waals surface area contributed by atoms with Crippen molar-refractivity contribution in [3.8, 4) is 0 Å². The Morgan fingerprint density at radius 3 is 2.57 bits per heavy atom. The average molecular weight is 191 g/mol. The molecule has 0 saturated carbocycles. The lowest BCUT2D eigenvalue weighted by Gasteiger charge is -1.95. The Kier molecular flexibility index (Phi) is 2.10. The molecule has 2 aromatic rings. The molecule has 1 aromatic heterocycles. The Bertz CT molecular complexity index is 434. The number of oxazole rings is 1. The lowest BCUT2D eigenvalue weighted by Crippen LogP contribution is -2.01. The molecule has 14 heavy (non-hydrogen) atoms. The van der Waals surface area contributed by atoms with Crippen LogP contribution in [-0.4, -0.2) is 10.8 Å². The van der Waals surface area contributed by atoms with Crippen LogP contribution in [0.4, 0.5) is 4.39 Å². The number of benzene rings is 1. The number of hydrogen-bond donors (Lipinski definition) is 0. The molecular weight excluding hydrogens is 185 g/mol. The Hall–Kier alpha value is -1.97. The molecule has 4 heteroatoms. The van der Waals surface area contributed by atoms with Gasteiger partial charge in [-0.2, -0.15) is 0 Å². The third kappa shape index (κ3) is 1.54. The van der Waals surface area contributed by atoms with Crippen LogP contribution in [0.1, 0.15) is 16.1 Å². The van der Waals surface area contributed by atoms with E-state index < -0.39 is 0 Å². The summed E-state index contributed by atoms with van der Waals surface area (Å²) in [5.74, 6) is -0.652. The Balaban J connectivity index is 2.33. The lowest BCUT2D eigenvalue weighted by atomic mass is 10.1. The second-order valence-electron chi connectivity index (χ2n) is 2.71. The van der Waals surface area contributed by atoms with Gasteiger partial charge in [-0.25, -0.2) is 9.37 Å². The van der Waals surface area contributed by atoms with Gasteiger partial charge in [-0.1, -0.05) is 0 Å². The Labute approximate surface area is 79.2 Å². The van der Waals surface area contributed by atoms with Crippen LogP contribution in [0, 0.1) is 5.82 Å². The van der Waals surface area contributed by atoms with Gasteiger partial charge >= 0.3 is 0 Å². The molecule has 0 radical (unpaired) electrons. The van der Waals surface area contributed by atoms with Gasteiger partial charge in [-0.05, 0) is 24.3 Å². The van der Waals surface area contributed by atoms with Gasteiger partial charge < -0.3 is 4.42 Å². The average Bonchev–Trinajstić information content (AvgIpc) is 2.71. The number of halogens is 1. The standard InChI is InChI=1S/C10H6FNO2/c11-8-3-1-7(2-4-8)10(13)9-5-14-6-12-9/h1-6H. The molecule has 1 aromatic carbocycles. The van der Waals surface area contributed by atoms with Crippen molar-refractivity contribution in [2.45, 2.75) is 0 Å². The number of hydrogen-bond acceptors (Lipinski definition) is 3. The molecule has 0 spiro atoms. The number of carbonyl (C=O) groups excluding carboxylic acids is 1. The molecule has 0 saturated heterocycles. The van der Waals surface area contributed by atoms with Gasteiger partial charge in [-0.15, -0.1) is 0 Å². The summed E-state index contributed by atoms with van der Waals surface area (Å²) in [7, 11) is 0. The van der Waals surface area contributed by atoms with Crippen molar-refractivity contribution in [2.24, 2.45) is 0 Å². The van der Waals surface area contributed by atoms with E-state index in [1.165, 1.54) is 36.9 Å². The maximum atomic E-state index is 12.5. The zero-order valence-corrected chi connectivity index (χ0v) is 7.11. The van der Waals surface area contributed by atoms with Crippen molar-refractivity contribution >= 4 is 5.78 Å². The summed E-state index contributed by atoms with van der Waals surface area (Å²) in [6, 6.07) is 5.28. The topological polar surface area (TPSA) is 43.1 Å². The van der Waals surface area contributed by atoms with Crippen LogP contribution in [-0.2, 0) is 0 Å². The highest BCUT2D eigenvalue weighted by molar-refractivity contribution is 6.07. The SMILES string of the molecule is O=C(c1ccc(F)cc1)c1cocn1. The van der Waals surface area contributed by atoms with Gasteiger partial charge in [0.1, 0.15) is 17.8 Å². The summed E-state index contributed by atoms with van der Waals surface area (Å²) < 4.78 is 17.2. The highest BCUT2D eigenvalue weighted by atomic mass is 19.1. The third-order valence-electron chi connectivity index (χ3n) is 1.77. The molecule has 0 N–H and O–H groups in total. The third-order valence-corrected chi connectivity index (χ3v) is 1.77. The monoisotopic (exact) mass is 191 g/mol. The van der Waals surface area contributed by atoms with E-state index in [1.807, 2.05) is 0 Å². The van der Waals surface area contributed by atoms with Gasteiger partial charge in [0.05, 0.1) is 0 Å². The number of rotatable bonds is 2. The second kappa shape index (κ2) is 3.41. The minimum Gasteiger partial charge on any atom is -0.451 e. The fourth-order valence-corrected chi connectivity index (χ4v) is 1.07. The van der Waals surface area contributed by atoms with Crippen molar-refractivity contribution in [2.75, 3.05) is 0 Å². The van der Waals surface area contributed by atoms with Crippen molar-refractivity contribution in [1.82, 2.24) is 4.98 Å². The number of nitrogens with zero attached hydrogens (tertiary/aromatic N) is 1. The molecule has 0 fully saturated rings. The Morgan fingerprint density at radius 1 is 1.29 bits per heavy atom. The first-order valence-electron chi connectivity index (χ1n) is 3.96. The first-order chi connectivity index (χ1) is 6.77. The van der Waals surface area contributed by atoms with E-state index in [0.717, 1.165) is 0 Å². The van der Waals surface area contributed by atoms with Crippen molar-refractivity contribution in [1.29, 1.82) is 0 Å². The van der Waals surface area contributed by atoms with Crippen LogP contribution in [0.3, 0.4) is 0 Å². The van der Waals surface area contributed by atoms with E-state index in [9.17, 15) is 9.18 Å². The lowest BCUT2D eigenvalue weighted by molar-refractivity contribution is 0.103. The van der Waals surface area contributed by atoms with E-state index in [1.54, 1.807) is 0 Å². The van der Waals surface area contributed by atoms with E-state index in [0.29, 0.717) is 5.56 Å². The number of aromatic nitrogens is 1. The maximum Gasteiger partial charge on any atom is 0.214 e. The normalized spacial score (nSPS) is 10.1. The van der Waals surface area contributed by atoms with E-state index in [4.69, 9.17) is 0 Å². The quantitative estimate of drug-likeness (QED) is 0.682. The van der Waals surface area contributed by atoms with Crippen molar-refractivity contribution in [3.63, 3.8) is 0 Å². The highest BCUT2D eigenvalue weighted by Gasteiger charge is 2.11. The smallest absolute Gasteiger partial charge is 0.214 e. The van der Waals surface area contributed by atoms with E-state index in [2.05, 4.69) is 9.40 Å². The molecule has 0 aliphatic heterocycles. The van der Waals surface area contributed by atoms with Gasteiger partial charge in [0, 0.05) is 5.56 Å². The molecular formula is C10H6FNO2. The van der Waals surface area contributed by atoms with Crippen LogP contribution in [0.2, 0.25) is 0 Å². The van der Waals surface area contributed by atoms with Crippen LogP contribution >= 0.6 is 0 Å². The minimum atomic E-state index is -0.373. The molecule has 1 heterocycles. The van der Waals surface area contributed by atoms with Crippen LogP contribution < -0.4 is 0 Å². The van der Waals surface area contributed by atoms with Crippen LogP contribution in [0.15, 0.2) is 41.3 Å². The summed E-state index contributed by atoms with van der Waals surface area (Å²) in [6.45, 7) is 0. The zero-order valence-electron chi connectivity index (χ0n) is 7.11.